The molecular weight excluding hydrogens is 292 g/mol. The molecule has 1 aliphatic rings. The molecule has 1 unspecified atom stereocenters. The van der Waals surface area contributed by atoms with Gasteiger partial charge >= 0.3 is 6.09 Å². The van der Waals surface area contributed by atoms with Crippen molar-refractivity contribution in [1.82, 2.24) is 20.6 Å². The zero-order valence-corrected chi connectivity index (χ0v) is 14.8. The molecule has 1 fully saturated rings. The van der Waals surface area contributed by atoms with Crippen LogP contribution in [0.2, 0.25) is 0 Å². The first-order valence-corrected chi connectivity index (χ1v) is 8.23. The lowest BCUT2D eigenvalue weighted by Gasteiger charge is -2.43. The summed E-state index contributed by atoms with van der Waals surface area (Å²) in [5.41, 5.74) is 1.17. The second-order valence-electron chi connectivity index (χ2n) is 7.39. The van der Waals surface area contributed by atoms with Gasteiger partial charge in [0, 0.05) is 25.0 Å². The molecular formula is C17H28N4O2. The minimum atomic E-state index is -0.480. The van der Waals surface area contributed by atoms with Gasteiger partial charge in [0.2, 0.25) is 0 Å². The summed E-state index contributed by atoms with van der Waals surface area (Å²) in [4.78, 5) is 20.7. The highest BCUT2D eigenvalue weighted by Crippen LogP contribution is 2.32. The van der Waals surface area contributed by atoms with Crippen LogP contribution in [-0.4, -0.2) is 33.7 Å². The molecule has 0 aliphatic heterocycles. The molecule has 6 heteroatoms. The Morgan fingerprint density at radius 1 is 1.35 bits per heavy atom. The maximum Gasteiger partial charge on any atom is 0.408 e. The molecule has 2 rings (SSSR count). The third-order valence-electron chi connectivity index (χ3n) is 4.15. The predicted octanol–water partition coefficient (Wildman–Crippen LogP) is 2.88. The summed E-state index contributed by atoms with van der Waals surface area (Å²) >= 11 is 0. The number of hydrogen-bond donors (Lipinski definition) is 2. The van der Waals surface area contributed by atoms with E-state index in [1.165, 1.54) is 0 Å². The second kappa shape index (κ2) is 6.83. The fraction of sp³-hybridized carbons (Fsp3) is 0.706. The molecule has 1 saturated carbocycles. The maximum absolute atomic E-state index is 12.1. The van der Waals surface area contributed by atoms with E-state index < -0.39 is 5.60 Å². The number of carbonyl (C=O) groups is 1. The van der Waals surface area contributed by atoms with E-state index in [0.717, 1.165) is 30.7 Å². The SMILES string of the molecule is Cc1nccnc1C(C)NCC1(NC(=O)OC(C)(C)C)CCC1. The molecule has 1 heterocycles. The summed E-state index contributed by atoms with van der Waals surface area (Å²) in [6.07, 6.45) is 6.11. The van der Waals surface area contributed by atoms with Crippen molar-refractivity contribution < 1.29 is 9.53 Å². The number of ether oxygens (including phenoxy) is 1. The Kier molecular flexibility index (Phi) is 5.24. The second-order valence-corrected chi connectivity index (χ2v) is 7.39. The Labute approximate surface area is 138 Å². The van der Waals surface area contributed by atoms with Crippen LogP contribution in [0.25, 0.3) is 0 Å². The number of nitrogens with zero attached hydrogens (tertiary/aromatic N) is 2. The minimum Gasteiger partial charge on any atom is -0.444 e. The van der Waals surface area contributed by atoms with Gasteiger partial charge in [0.05, 0.1) is 16.9 Å². The van der Waals surface area contributed by atoms with Crippen molar-refractivity contribution in [1.29, 1.82) is 0 Å². The summed E-state index contributed by atoms with van der Waals surface area (Å²) in [6.45, 7) is 10.3. The molecule has 1 aliphatic carbocycles. The summed E-state index contributed by atoms with van der Waals surface area (Å²) in [5, 5.41) is 6.53. The molecule has 6 nitrogen and oxygen atoms in total. The van der Waals surface area contributed by atoms with Crippen LogP contribution >= 0.6 is 0 Å². The van der Waals surface area contributed by atoms with Crippen molar-refractivity contribution in [2.24, 2.45) is 0 Å². The van der Waals surface area contributed by atoms with E-state index in [0.29, 0.717) is 6.54 Å². The van der Waals surface area contributed by atoms with Gasteiger partial charge in [-0.05, 0) is 53.9 Å². The van der Waals surface area contributed by atoms with Gasteiger partial charge in [0.25, 0.3) is 0 Å². The number of amides is 1. The highest BCUT2D eigenvalue weighted by Gasteiger charge is 2.39. The van der Waals surface area contributed by atoms with E-state index >= 15 is 0 Å². The highest BCUT2D eigenvalue weighted by molar-refractivity contribution is 5.69. The van der Waals surface area contributed by atoms with Gasteiger partial charge in [-0.15, -0.1) is 0 Å². The number of aryl methyl sites for hydroxylation is 1. The lowest BCUT2D eigenvalue weighted by molar-refractivity contribution is 0.0379. The van der Waals surface area contributed by atoms with Gasteiger partial charge in [-0.1, -0.05) is 0 Å². The van der Waals surface area contributed by atoms with Gasteiger partial charge < -0.3 is 15.4 Å². The average molecular weight is 320 g/mol. The van der Waals surface area contributed by atoms with Gasteiger partial charge in [-0.2, -0.15) is 0 Å². The molecule has 1 atom stereocenters. The monoisotopic (exact) mass is 320 g/mol. The van der Waals surface area contributed by atoms with Crippen molar-refractivity contribution in [3.8, 4) is 0 Å². The van der Waals surface area contributed by atoms with E-state index in [2.05, 4.69) is 27.5 Å². The maximum atomic E-state index is 12.1. The quantitative estimate of drug-likeness (QED) is 0.872. The number of alkyl carbamates (subject to hydrolysis) is 1. The molecule has 0 spiro atoms. The number of nitrogens with one attached hydrogen (secondary N) is 2. The molecule has 1 aromatic rings. The van der Waals surface area contributed by atoms with E-state index in [4.69, 9.17) is 4.74 Å². The largest absolute Gasteiger partial charge is 0.444 e. The van der Waals surface area contributed by atoms with E-state index in [9.17, 15) is 4.79 Å². The first-order valence-electron chi connectivity index (χ1n) is 8.23. The molecule has 1 amide bonds. The number of hydrogen-bond acceptors (Lipinski definition) is 5. The van der Waals surface area contributed by atoms with Crippen molar-refractivity contribution in [2.45, 2.75) is 71.1 Å². The number of aromatic nitrogens is 2. The van der Waals surface area contributed by atoms with E-state index in [1.807, 2.05) is 27.7 Å². The molecule has 0 saturated heterocycles. The van der Waals surface area contributed by atoms with Crippen LogP contribution in [0.3, 0.4) is 0 Å². The van der Waals surface area contributed by atoms with Gasteiger partial charge in [-0.25, -0.2) is 4.79 Å². The molecule has 0 radical (unpaired) electrons. The minimum absolute atomic E-state index is 0.0848. The third-order valence-corrected chi connectivity index (χ3v) is 4.15. The summed E-state index contributed by atoms with van der Waals surface area (Å²) < 4.78 is 5.38. The van der Waals surface area contributed by atoms with Crippen molar-refractivity contribution in [2.75, 3.05) is 6.54 Å². The van der Waals surface area contributed by atoms with Gasteiger partial charge in [0.1, 0.15) is 5.60 Å². The molecule has 0 bridgehead atoms. The van der Waals surface area contributed by atoms with Crippen LogP contribution in [0.15, 0.2) is 12.4 Å². The Balaban J connectivity index is 1.92. The van der Waals surface area contributed by atoms with Crippen LogP contribution in [-0.2, 0) is 4.74 Å². The number of rotatable bonds is 5. The number of carbonyl (C=O) groups excluding carboxylic acids is 1. The zero-order valence-electron chi connectivity index (χ0n) is 14.8. The fourth-order valence-corrected chi connectivity index (χ4v) is 2.76. The van der Waals surface area contributed by atoms with E-state index in [1.54, 1.807) is 12.4 Å². The Hall–Kier alpha value is -1.69. The third kappa shape index (κ3) is 4.89. The Bertz CT molecular complexity index is 550. The van der Waals surface area contributed by atoms with Crippen LogP contribution in [0.1, 0.15) is 64.4 Å². The standard InChI is InChI=1S/C17H28N4O2/c1-12-14(19-10-9-18-12)13(2)20-11-17(7-6-8-17)21-15(22)23-16(3,4)5/h9-10,13,20H,6-8,11H2,1-5H3,(H,21,22). The Morgan fingerprint density at radius 2 is 2.00 bits per heavy atom. The predicted molar refractivity (Wildman–Crippen MR) is 89.1 cm³/mol. The lowest BCUT2D eigenvalue weighted by atomic mass is 9.76. The van der Waals surface area contributed by atoms with Crippen LogP contribution in [0.4, 0.5) is 4.79 Å². The van der Waals surface area contributed by atoms with Gasteiger partial charge in [0.15, 0.2) is 0 Å². The topological polar surface area (TPSA) is 76.1 Å². The lowest BCUT2D eigenvalue weighted by Crippen LogP contribution is -2.60. The van der Waals surface area contributed by atoms with Crippen molar-refractivity contribution in [3.63, 3.8) is 0 Å². The van der Waals surface area contributed by atoms with Crippen LogP contribution in [0.5, 0.6) is 0 Å². The zero-order chi connectivity index (χ0) is 17.1. The first kappa shape index (κ1) is 17.7. The van der Waals surface area contributed by atoms with Crippen LogP contribution < -0.4 is 10.6 Å². The van der Waals surface area contributed by atoms with Crippen molar-refractivity contribution in [3.05, 3.63) is 23.8 Å². The fourth-order valence-electron chi connectivity index (χ4n) is 2.76. The normalized spacial score (nSPS) is 18.0. The van der Waals surface area contributed by atoms with Gasteiger partial charge in [-0.3, -0.25) is 9.97 Å². The van der Waals surface area contributed by atoms with Crippen LogP contribution in [0, 0.1) is 6.92 Å². The summed E-state index contributed by atoms with van der Waals surface area (Å²) in [7, 11) is 0. The molecule has 23 heavy (non-hydrogen) atoms. The Morgan fingerprint density at radius 3 is 2.52 bits per heavy atom. The molecule has 2 N–H and O–H groups in total. The van der Waals surface area contributed by atoms with Crippen molar-refractivity contribution >= 4 is 6.09 Å². The molecule has 1 aromatic heterocycles. The molecule has 128 valence electrons. The average Bonchev–Trinajstić information content (AvgIpc) is 2.39. The smallest absolute Gasteiger partial charge is 0.408 e. The highest BCUT2D eigenvalue weighted by atomic mass is 16.6. The summed E-state index contributed by atoms with van der Waals surface area (Å²) in [6, 6.07) is 0.0848. The van der Waals surface area contributed by atoms with E-state index in [-0.39, 0.29) is 17.7 Å². The summed E-state index contributed by atoms with van der Waals surface area (Å²) in [5.74, 6) is 0. The first-order chi connectivity index (χ1) is 10.7. The molecule has 0 aromatic carbocycles.